The Bertz CT molecular complexity index is 789. The van der Waals surface area contributed by atoms with Gasteiger partial charge < -0.3 is 9.84 Å². The third-order valence-electron chi connectivity index (χ3n) is 13.4. The zero-order chi connectivity index (χ0) is 23.3. The van der Waals surface area contributed by atoms with Gasteiger partial charge in [0.05, 0.1) is 0 Å². The molecule has 0 amide bonds. The zero-order valence-electron chi connectivity index (χ0n) is 21.8. The lowest BCUT2D eigenvalue weighted by Crippen LogP contribution is -2.58. The van der Waals surface area contributed by atoms with Crippen LogP contribution in [-0.4, -0.2) is 23.8 Å². The molecule has 0 aromatic heterocycles. The summed E-state index contributed by atoms with van der Waals surface area (Å²) >= 11 is 0. The number of esters is 1. The molecule has 0 radical (unpaired) electrons. The molecule has 0 bridgehead atoms. The molecule has 10 atom stereocenters. The van der Waals surface area contributed by atoms with Crippen LogP contribution in [0.3, 0.4) is 0 Å². The second kappa shape index (κ2) is 6.98. The number of carbonyl (C=O) groups is 1. The highest BCUT2D eigenvalue weighted by Gasteiger charge is 2.86. The molecule has 182 valence electrons. The van der Waals surface area contributed by atoms with Crippen LogP contribution < -0.4 is 0 Å². The quantitative estimate of drug-likeness (QED) is 0.496. The molecule has 0 unspecified atom stereocenters. The summed E-state index contributed by atoms with van der Waals surface area (Å²) in [5, 5.41) is 9.63. The summed E-state index contributed by atoms with van der Waals surface area (Å²) in [5.74, 6) is 3.60. The van der Waals surface area contributed by atoms with E-state index in [1.807, 2.05) is 0 Å². The van der Waals surface area contributed by atoms with Crippen molar-refractivity contribution in [3.05, 3.63) is 0 Å². The molecule has 3 heteroatoms. The number of carbonyl (C=O) groups excluding carboxylic acids is 1. The minimum atomic E-state index is -0.110. The maximum absolute atomic E-state index is 11.8. The van der Waals surface area contributed by atoms with Crippen LogP contribution in [0.5, 0.6) is 0 Å². The van der Waals surface area contributed by atoms with Gasteiger partial charge in [-0.25, -0.2) is 0 Å². The van der Waals surface area contributed by atoms with Crippen LogP contribution in [0.2, 0.25) is 0 Å². The molecule has 3 nitrogen and oxygen atoms in total. The molecule has 5 aliphatic carbocycles. The van der Waals surface area contributed by atoms with Gasteiger partial charge in [-0.1, -0.05) is 41.5 Å². The number of ether oxygens (including phenoxy) is 1. The minimum Gasteiger partial charge on any atom is -0.462 e. The molecule has 5 aliphatic rings. The SMILES string of the molecule is CC(=O)O[C@H]1CC[C@]23[C@@H](C)[C@]24CC[C@]2(C)[C@@H]([C@H](C)CCO)CC[C@@]2(C)[C@@H]4CC[C@H]3C1(C)C. The maximum atomic E-state index is 11.8. The van der Waals surface area contributed by atoms with E-state index in [4.69, 9.17) is 4.74 Å². The molecule has 0 aliphatic heterocycles. The number of aliphatic hydroxyl groups is 1. The number of rotatable bonds is 4. The van der Waals surface area contributed by atoms with E-state index in [0.29, 0.717) is 40.1 Å². The third kappa shape index (κ3) is 2.46. The molecular weight excluding hydrogens is 396 g/mol. The first-order valence-corrected chi connectivity index (χ1v) is 13.7. The Balaban J connectivity index is 1.49. The number of hydrogen-bond donors (Lipinski definition) is 1. The summed E-state index contributed by atoms with van der Waals surface area (Å²) in [6.07, 6.45) is 11.5. The highest BCUT2D eigenvalue weighted by molar-refractivity contribution is 5.66. The van der Waals surface area contributed by atoms with Crippen molar-refractivity contribution in [1.29, 1.82) is 0 Å². The Kier molecular flexibility index (Phi) is 5.06. The summed E-state index contributed by atoms with van der Waals surface area (Å²) in [6.45, 7) is 17.0. The second-order valence-electron chi connectivity index (χ2n) is 13.9. The van der Waals surface area contributed by atoms with Crippen LogP contribution in [0.1, 0.15) is 106 Å². The van der Waals surface area contributed by atoms with Crippen molar-refractivity contribution in [3.63, 3.8) is 0 Å². The fourth-order valence-electron chi connectivity index (χ4n) is 11.8. The molecule has 0 heterocycles. The standard InChI is InChI=1S/C29H48O3/c1-18(12-17-30)21-10-13-27(7)23-9-8-22-25(4,5)24(32-20(3)31)11-14-28(22)19(2)29(23,28)16-15-26(21,27)6/h18-19,21-24,30H,8-17H2,1-7H3/t18-,19-,21-,22+,23+,24+,26-,27+,28-,29+/m1/s1. The van der Waals surface area contributed by atoms with Gasteiger partial charge in [-0.15, -0.1) is 0 Å². The van der Waals surface area contributed by atoms with Gasteiger partial charge in [0.2, 0.25) is 0 Å². The van der Waals surface area contributed by atoms with Crippen LogP contribution in [0.4, 0.5) is 0 Å². The van der Waals surface area contributed by atoms with Crippen LogP contribution in [0.15, 0.2) is 0 Å². The van der Waals surface area contributed by atoms with E-state index in [2.05, 4.69) is 41.5 Å². The van der Waals surface area contributed by atoms with Gasteiger partial charge in [-0.2, -0.15) is 0 Å². The van der Waals surface area contributed by atoms with Crippen LogP contribution >= 0.6 is 0 Å². The lowest BCUT2D eigenvalue weighted by atomic mass is 9.41. The first-order chi connectivity index (χ1) is 14.9. The first kappa shape index (κ1) is 23.2. The Morgan fingerprint density at radius 2 is 1.59 bits per heavy atom. The van der Waals surface area contributed by atoms with Crippen molar-refractivity contribution in [1.82, 2.24) is 0 Å². The van der Waals surface area contributed by atoms with E-state index in [9.17, 15) is 9.90 Å². The van der Waals surface area contributed by atoms with Gasteiger partial charge in [0.1, 0.15) is 6.10 Å². The van der Waals surface area contributed by atoms with Crippen LogP contribution in [0, 0.1) is 56.7 Å². The van der Waals surface area contributed by atoms with E-state index in [-0.39, 0.29) is 17.5 Å². The summed E-state index contributed by atoms with van der Waals surface area (Å²) < 4.78 is 5.90. The Morgan fingerprint density at radius 3 is 2.25 bits per heavy atom. The normalized spacial score (nSPS) is 53.9. The molecule has 5 saturated carbocycles. The molecule has 0 aromatic rings. The summed E-state index contributed by atoms with van der Waals surface area (Å²) in [5.41, 5.74) is 1.90. The van der Waals surface area contributed by atoms with Crippen molar-refractivity contribution in [2.75, 3.05) is 6.61 Å². The van der Waals surface area contributed by atoms with Crippen LogP contribution in [-0.2, 0) is 9.53 Å². The van der Waals surface area contributed by atoms with Crippen molar-refractivity contribution in [3.8, 4) is 0 Å². The Labute approximate surface area is 196 Å². The fourth-order valence-corrected chi connectivity index (χ4v) is 11.8. The molecule has 0 aromatic carbocycles. The number of aliphatic hydroxyl groups excluding tert-OH is 1. The van der Waals surface area contributed by atoms with Gasteiger partial charge in [0.15, 0.2) is 0 Å². The second-order valence-corrected chi connectivity index (χ2v) is 13.9. The Morgan fingerprint density at radius 1 is 0.938 bits per heavy atom. The van der Waals surface area contributed by atoms with Crippen LogP contribution in [0.25, 0.3) is 0 Å². The summed E-state index contributed by atoms with van der Waals surface area (Å²) in [4.78, 5) is 11.8. The van der Waals surface area contributed by atoms with E-state index in [0.717, 1.165) is 30.6 Å². The summed E-state index contributed by atoms with van der Waals surface area (Å²) in [6, 6.07) is 0. The minimum absolute atomic E-state index is 0.0716. The van der Waals surface area contributed by atoms with Crippen molar-refractivity contribution in [2.24, 2.45) is 56.7 Å². The van der Waals surface area contributed by atoms with Crippen molar-refractivity contribution >= 4 is 5.97 Å². The van der Waals surface area contributed by atoms with Crippen molar-refractivity contribution < 1.29 is 14.6 Å². The van der Waals surface area contributed by atoms with E-state index in [1.165, 1.54) is 44.9 Å². The van der Waals surface area contributed by atoms with Gasteiger partial charge >= 0.3 is 5.97 Å². The maximum Gasteiger partial charge on any atom is 0.302 e. The average molecular weight is 445 g/mol. The Hall–Kier alpha value is -0.570. The number of hydrogen-bond acceptors (Lipinski definition) is 3. The van der Waals surface area contributed by atoms with Gasteiger partial charge in [-0.05, 0) is 109 Å². The molecule has 2 spiro atoms. The molecule has 1 N–H and O–H groups in total. The summed E-state index contributed by atoms with van der Waals surface area (Å²) in [7, 11) is 0. The largest absolute Gasteiger partial charge is 0.462 e. The average Bonchev–Trinajstić information content (AvgIpc) is 3.10. The van der Waals surface area contributed by atoms with Gasteiger partial charge in [0, 0.05) is 18.9 Å². The van der Waals surface area contributed by atoms with E-state index >= 15 is 0 Å². The lowest BCUT2D eigenvalue weighted by molar-refractivity contribution is -0.181. The highest BCUT2D eigenvalue weighted by atomic mass is 16.5. The first-order valence-electron chi connectivity index (χ1n) is 13.7. The lowest BCUT2D eigenvalue weighted by Gasteiger charge is -2.63. The predicted octanol–water partition coefficient (Wildman–Crippen LogP) is 6.62. The smallest absolute Gasteiger partial charge is 0.302 e. The fraction of sp³-hybridized carbons (Fsp3) is 0.966. The topological polar surface area (TPSA) is 46.5 Å². The highest BCUT2D eigenvalue weighted by Crippen LogP contribution is 2.91. The molecule has 32 heavy (non-hydrogen) atoms. The molecular formula is C29H48O3. The predicted molar refractivity (Wildman–Crippen MR) is 128 cm³/mol. The number of fused-ring (bicyclic) bond motifs is 2. The van der Waals surface area contributed by atoms with Crippen molar-refractivity contribution in [2.45, 2.75) is 112 Å². The molecule has 0 saturated heterocycles. The molecule has 5 rings (SSSR count). The van der Waals surface area contributed by atoms with E-state index in [1.54, 1.807) is 6.92 Å². The van der Waals surface area contributed by atoms with Gasteiger partial charge in [0.25, 0.3) is 0 Å². The third-order valence-corrected chi connectivity index (χ3v) is 13.4. The monoisotopic (exact) mass is 444 g/mol. The molecule has 5 fully saturated rings. The van der Waals surface area contributed by atoms with Gasteiger partial charge in [-0.3, -0.25) is 4.79 Å². The zero-order valence-corrected chi connectivity index (χ0v) is 21.8. The van der Waals surface area contributed by atoms with E-state index < -0.39 is 0 Å².